The molecule has 3 heterocycles. The summed E-state index contributed by atoms with van der Waals surface area (Å²) in [7, 11) is 3.07. The molecule has 4 rings (SSSR count). The zero-order valence-corrected chi connectivity index (χ0v) is 20.1. The molecule has 0 atom stereocenters. The van der Waals surface area contributed by atoms with E-state index >= 15 is 0 Å². The van der Waals surface area contributed by atoms with Crippen LogP contribution in [0.2, 0.25) is 0 Å². The number of benzene rings is 1. The summed E-state index contributed by atoms with van der Waals surface area (Å²) in [5, 5.41) is 8.84. The van der Waals surface area contributed by atoms with E-state index in [1.807, 2.05) is 12.1 Å². The number of nitrogens with zero attached hydrogens (tertiary/aromatic N) is 4. The first-order valence-electron chi connectivity index (χ1n) is 11.1. The van der Waals surface area contributed by atoms with Gasteiger partial charge in [-0.25, -0.2) is 14.5 Å². The first kappa shape index (κ1) is 25.5. The topological polar surface area (TPSA) is 103 Å². The largest absolute Gasteiger partial charge is 0.493 e. The maximum Gasteiger partial charge on any atom is 0.435 e. The Bertz CT molecular complexity index is 1420. The monoisotopic (exact) mass is 512 g/mol. The van der Waals surface area contributed by atoms with Crippen molar-refractivity contribution in [1.82, 2.24) is 25.1 Å². The van der Waals surface area contributed by atoms with E-state index in [4.69, 9.17) is 9.47 Å². The summed E-state index contributed by atoms with van der Waals surface area (Å²) in [6, 6.07) is 9.03. The summed E-state index contributed by atoms with van der Waals surface area (Å²) >= 11 is 0. The molecule has 37 heavy (non-hydrogen) atoms. The Hall–Kier alpha value is -4.61. The third-order valence-electron chi connectivity index (χ3n) is 5.35. The van der Waals surface area contributed by atoms with Crippen LogP contribution in [0.15, 0.2) is 61.2 Å². The van der Waals surface area contributed by atoms with Crippen molar-refractivity contribution in [2.45, 2.75) is 13.1 Å². The molecule has 0 saturated carbocycles. The fourth-order valence-electron chi connectivity index (χ4n) is 3.62. The van der Waals surface area contributed by atoms with Crippen molar-refractivity contribution in [3.8, 4) is 39.4 Å². The Morgan fingerprint density at radius 3 is 2.41 bits per heavy atom. The average molecular weight is 512 g/mol. The van der Waals surface area contributed by atoms with Crippen molar-refractivity contribution in [2.24, 2.45) is 0 Å². The van der Waals surface area contributed by atoms with E-state index in [2.05, 4.69) is 25.7 Å². The molecule has 3 aromatic heterocycles. The summed E-state index contributed by atoms with van der Waals surface area (Å²) in [6.07, 6.45) is 1.24. The first-order chi connectivity index (χ1) is 17.7. The highest BCUT2D eigenvalue weighted by molar-refractivity contribution is 5.89. The van der Waals surface area contributed by atoms with Crippen molar-refractivity contribution in [3.63, 3.8) is 0 Å². The van der Waals surface area contributed by atoms with E-state index in [-0.39, 0.29) is 11.5 Å². The molecular formula is C25H23F3N6O3. The predicted molar refractivity (Wildman–Crippen MR) is 131 cm³/mol. The minimum atomic E-state index is -4.62. The number of ether oxygens (including phenoxy) is 2. The van der Waals surface area contributed by atoms with Gasteiger partial charge in [0.15, 0.2) is 17.2 Å². The maximum absolute atomic E-state index is 13.3. The van der Waals surface area contributed by atoms with Gasteiger partial charge >= 0.3 is 12.2 Å². The number of carbonyl (C=O) groups excluding carboxylic acids is 1. The van der Waals surface area contributed by atoms with Gasteiger partial charge in [-0.2, -0.15) is 18.3 Å². The Labute approximate surface area is 210 Å². The number of aromatic nitrogens is 4. The number of hydrogen-bond acceptors (Lipinski definition) is 6. The number of rotatable bonds is 7. The molecule has 0 fully saturated rings. The summed E-state index contributed by atoms with van der Waals surface area (Å²) in [6.45, 7) is 2.14. The van der Waals surface area contributed by atoms with E-state index in [0.29, 0.717) is 29.2 Å². The minimum absolute atomic E-state index is 0.137. The van der Waals surface area contributed by atoms with Crippen molar-refractivity contribution in [1.29, 1.82) is 0 Å². The highest BCUT2D eigenvalue weighted by Crippen LogP contribution is 2.35. The number of alkyl halides is 3. The number of hydrogen-bond donors (Lipinski definition) is 2. The van der Waals surface area contributed by atoms with Crippen LogP contribution in [0.1, 0.15) is 12.6 Å². The fraction of sp³-hybridized carbons (Fsp3) is 0.200. The number of urea groups is 1. The highest BCUT2D eigenvalue weighted by Gasteiger charge is 2.34. The summed E-state index contributed by atoms with van der Waals surface area (Å²) in [4.78, 5) is 20.6. The second kappa shape index (κ2) is 10.6. The molecule has 12 heteroatoms. The number of amides is 2. The van der Waals surface area contributed by atoms with E-state index in [1.54, 1.807) is 31.5 Å². The van der Waals surface area contributed by atoms with Crippen LogP contribution in [-0.4, -0.2) is 46.5 Å². The number of nitrogens with one attached hydrogen (secondary N) is 2. The molecule has 0 radical (unpaired) electrons. The molecule has 0 aliphatic heterocycles. The van der Waals surface area contributed by atoms with Crippen LogP contribution in [0.4, 0.5) is 23.8 Å². The third-order valence-corrected chi connectivity index (χ3v) is 5.35. The molecule has 192 valence electrons. The van der Waals surface area contributed by atoms with Crippen molar-refractivity contribution >= 4 is 11.8 Å². The van der Waals surface area contributed by atoms with Crippen LogP contribution < -0.4 is 20.1 Å². The number of methoxy groups -OCH3 is 2. The van der Waals surface area contributed by atoms with Gasteiger partial charge in [-0.1, -0.05) is 6.07 Å². The smallest absolute Gasteiger partial charge is 0.435 e. The molecule has 0 aliphatic carbocycles. The Kier molecular flexibility index (Phi) is 7.27. The Morgan fingerprint density at radius 1 is 0.973 bits per heavy atom. The summed E-state index contributed by atoms with van der Waals surface area (Å²) in [5.74, 6) is 1.23. The first-order valence-corrected chi connectivity index (χ1v) is 11.1. The summed E-state index contributed by atoms with van der Waals surface area (Å²) in [5.41, 5.74) is 1.76. The Morgan fingerprint density at radius 2 is 1.73 bits per heavy atom. The van der Waals surface area contributed by atoms with Gasteiger partial charge < -0.3 is 14.8 Å². The van der Waals surface area contributed by atoms with Gasteiger partial charge in [0.05, 0.1) is 19.9 Å². The van der Waals surface area contributed by atoms with Crippen molar-refractivity contribution in [3.05, 3.63) is 66.9 Å². The molecule has 0 saturated heterocycles. The zero-order chi connectivity index (χ0) is 26.6. The van der Waals surface area contributed by atoms with E-state index in [1.165, 1.54) is 32.7 Å². The number of halogens is 3. The maximum atomic E-state index is 13.3. The van der Waals surface area contributed by atoms with Gasteiger partial charge in [0.1, 0.15) is 5.82 Å². The van der Waals surface area contributed by atoms with Crippen LogP contribution in [0, 0.1) is 0 Å². The van der Waals surface area contributed by atoms with Crippen LogP contribution in [0.5, 0.6) is 11.5 Å². The second-order valence-electron chi connectivity index (χ2n) is 7.75. The molecule has 0 unspecified atom stereocenters. The molecule has 0 aliphatic rings. The molecule has 4 aromatic rings. The predicted octanol–water partition coefficient (Wildman–Crippen LogP) is 5.17. The quantitative estimate of drug-likeness (QED) is 0.354. The molecular weight excluding hydrogens is 489 g/mol. The minimum Gasteiger partial charge on any atom is -0.493 e. The van der Waals surface area contributed by atoms with Crippen molar-refractivity contribution < 1.29 is 27.4 Å². The lowest BCUT2D eigenvalue weighted by Gasteiger charge is -2.14. The van der Waals surface area contributed by atoms with Gasteiger partial charge in [0.2, 0.25) is 0 Å². The highest BCUT2D eigenvalue weighted by atomic mass is 19.4. The van der Waals surface area contributed by atoms with Gasteiger partial charge in [-0.3, -0.25) is 10.3 Å². The van der Waals surface area contributed by atoms with Gasteiger partial charge in [0.25, 0.3) is 0 Å². The molecule has 1 aromatic carbocycles. The number of anilines is 1. The van der Waals surface area contributed by atoms with Crippen LogP contribution in [-0.2, 0) is 6.18 Å². The van der Waals surface area contributed by atoms with E-state index in [9.17, 15) is 18.0 Å². The standard InChI is InChI=1S/C25H23F3N6O3/c1-4-30-24(35)32-23-11-19(34-8-7-22(33-34)25(26,27)28)18(14-31-23)17-9-16(12-29-13-17)15-5-6-20(36-2)21(10-15)37-3/h5-14H,4H2,1-3H3,(H2,30,31,32,35). The SMILES string of the molecule is CCNC(=O)Nc1cc(-n2ccc(C(F)(F)F)n2)c(-c2cncc(-c3ccc(OC)c(OC)c3)c2)cn1. The van der Waals surface area contributed by atoms with Crippen molar-refractivity contribution in [2.75, 3.05) is 26.1 Å². The van der Waals surface area contributed by atoms with Gasteiger partial charge in [0, 0.05) is 54.1 Å². The lowest BCUT2D eigenvalue weighted by molar-refractivity contribution is -0.141. The lowest BCUT2D eigenvalue weighted by Crippen LogP contribution is -2.28. The lowest BCUT2D eigenvalue weighted by atomic mass is 10.0. The number of pyridine rings is 2. The van der Waals surface area contributed by atoms with E-state index in [0.717, 1.165) is 21.9 Å². The number of carbonyl (C=O) groups is 1. The Balaban J connectivity index is 1.80. The van der Waals surface area contributed by atoms with Crippen LogP contribution in [0.3, 0.4) is 0 Å². The average Bonchev–Trinajstić information content (AvgIpc) is 3.39. The summed E-state index contributed by atoms with van der Waals surface area (Å²) < 4.78 is 51.5. The van der Waals surface area contributed by atoms with Crippen LogP contribution >= 0.6 is 0 Å². The van der Waals surface area contributed by atoms with Gasteiger partial charge in [-0.15, -0.1) is 0 Å². The fourth-order valence-corrected chi connectivity index (χ4v) is 3.62. The molecule has 2 N–H and O–H groups in total. The zero-order valence-electron chi connectivity index (χ0n) is 20.1. The molecule has 0 bridgehead atoms. The van der Waals surface area contributed by atoms with Crippen LogP contribution in [0.25, 0.3) is 27.9 Å². The second-order valence-corrected chi connectivity index (χ2v) is 7.75. The molecule has 2 amide bonds. The van der Waals surface area contributed by atoms with E-state index < -0.39 is 17.9 Å². The third kappa shape index (κ3) is 5.63. The molecule has 9 nitrogen and oxygen atoms in total. The molecule has 0 spiro atoms. The van der Waals surface area contributed by atoms with Gasteiger partial charge in [-0.05, 0) is 36.8 Å². The normalized spacial score (nSPS) is 11.2.